The van der Waals surface area contributed by atoms with Crippen LogP contribution in [0.15, 0.2) is 36.7 Å². The molecule has 100 valence electrons. The number of aromatic nitrogens is 2. The highest BCUT2D eigenvalue weighted by Gasteiger charge is 2.14. The van der Waals surface area contributed by atoms with Gasteiger partial charge in [-0.3, -0.25) is 9.78 Å². The van der Waals surface area contributed by atoms with E-state index in [0.29, 0.717) is 12.2 Å². The van der Waals surface area contributed by atoms with Crippen LogP contribution in [0.4, 0.5) is 0 Å². The summed E-state index contributed by atoms with van der Waals surface area (Å²) >= 11 is 0. The van der Waals surface area contributed by atoms with Crippen LogP contribution in [0.5, 0.6) is 0 Å². The molecular formula is C15H19N3O. The zero-order valence-corrected chi connectivity index (χ0v) is 11.6. The minimum absolute atomic E-state index is 0.00821. The van der Waals surface area contributed by atoms with Crippen LogP contribution in [0, 0.1) is 0 Å². The van der Waals surface area contributed by atoms with Gasteiger partial charge in [-0.15, -0.1) is 0 Å². The average molecular weight is 257 g/mol. The molecule has 19 heavy (non-hydrogen) atoms. The van der Waals surface area contributed by atoms with E-state index < -0.39 is 0 Å². The van der Waals surface area contributed by atoms with Gasteiger partial charge in [-0.25, -0.2) is 0 Å². The van der Waals surface area contributed by atoms with Gasteiger partial charge >= 0.3 is 0 Å². The predicted molar refractivity (Wildman–Crippen MR) is 74.8 cm³/mol. The van der Waals surface area contributed by atoms with Crippen molar-refractivity contribution >= 4 is 5.91 Å². The molecule has 0 unspecified atom stereocenters. The lowest BCUT2D eigenvalue weighted by Crippen LogP contribution is -2.28. The molecule has 0 atom stereocenters. The SMILES string of the molecule is CCc1ccc(CN(C)C(=O)c2cccn2C)nc1. The van der Waals surface area contributed by atoms with Crippen LogP contribution in [0.3, 0.4) is 0 Å². The number of pyridine rings is 1. The van der Waals surface area contributed by atoms with Crippen LogP contribution in [-0.4, -0.2) is 27.4 Å². The van der Waals surface area contributed by atoms with Crippen LogP contribution in [-0.2, 0) is 20.0 Å². The third-order valence-electron chi connectivity index (χ3n) is 3.20. The Morgan fingerprint density at radius 1 is 1.37 bits per heavy atom. The Morgan fingerprint density at radius 2 is 2.16 bits per heavy atom. The third-order valence-corrected chi connectivity index (χ3v) is 3.20. The standard InChI is InChI=1S/C15H19N3O/c1-4-12-7-8-13(16-10-12)11-18(3)15(19)14-6-5-9-17(14)2/h5-10H,4,11H2,1-3H3. The summed E-state index contributed by atoms with van der Waals surface area (Å²) < 4.78 is 1.83. The van der Waals surface area contributed by atoms with E-state index in [1.807, 2.05) is 42.2 Å². The number of hydrogen-bond acceptors (Lipinski definition) is 2. The number of rotatable bonds is 4. The van der Waals surface area contributed by atoms with E-state index in [1.165, 1.54) is 5.56 Å². The minimum Gasteiger partial charge on any atom is -0.347 e. The maximum atomic E-state index is 12.2. The first-order valence-electron chi connectivity index (χ1n) is 6.42. The van der Waals surface area contributed by atoms with Crippen molar-refractivity contribution in [3.63, 3.8) is 0 Å². The van der Waals surface area contributed by atoms with Crippen molar-refractivity contribution < 1.29 is 4.79 Å². The maximum Gasteiger partial charge on any atom is 0.270 e. The molecule has 2 aromatic heterocycles. The summed E-state index contributed by atoms with van der Waals surface area (Å²) in [7, 11) is 3.67. The number of hydrogen-bond donors (Lipinski definition) is 0. The Labute approximate surface area is 113 Å². The Balaban J connectivity index is 2.06. The summed E-state index contributed by atoms with van der Waals surface area (Å²) in [5.74, 6) is 0.00821. The molecule has 2 heterocycles. The van der Waals surface area contributed by atoms with Gasteiger partial charge in [0.15, 0.2) is 0 Å². The summed E-state index contributed by atoms with van der Waals surface area (Å²) in [4.78, 5) is 18.3. The predicted octanol–water partition coefficient (Wildman–Crippen LogP) is 2.25. The first kappa shape index (κ1) is 13.3. The van der Waals surface area contributed by atoms with E-state index >= 15 is 0 Å². The summed E-state index contributed by atoms with van der Waals surface area (Å²) in [6, 6.07) is 7.73. The average Bonchev–Trinajstić information content (AvgIpc) is 2.85. The van der Waals surface area contributed by atoms with Crippen LogP contribution in [0.25, 0.3) is 0 Å². The molecule has 0 spiro atoms. The zero-order chi connectivity index (χ0) is 13.8. The maximum absolute atomic E-state index is 12.2. The van der Waals surface area contributed by atoms with Gasteiger partial charge in [0.25, 0.3) is 5.91 Å². The fourth-order valence-electron chi connectivity index (χ4n) is 1.95. The van der Waals surface area contributed by atoms with Gasteiger partial charge in [-0.1, -0.05) is 13.0 Å². The van der Waals surface area contributed by atoms with Gasteiger partial charge in [0, 0.05) is 26.5 Å². The second-order valence-electron chi connectivity index (χ2n) is 4.68. The monoisotopic (exact) mass is 257 g/mol. The largest absolute Gasteiger partial charge is 0.347 e. The lowest BCUT2D eigenvalue weighted by Gasteiger charge is -2.17. The molecule has 2 rings (SSSR count). The van der Waals surface area contributed by atoms with Crippen molar-refractivity contribution in [2.45, 2.75) is 19.9 Å². The highest BCUT2D eigenvalue weighted by Crippen LogP contribution is 2.08. The molecule has 2 aromatic rings. The second-order valence-corrected chi connectivity index (χ2v) is 4.68. The van der Waals surface area contributed by atoms with E-state index in [-0.39, 0.29) is 5.91 Å². The normalized spacial score (nSPS) is 10.5. The quantitative estimate of drug-likeness (QED) is 0.842. The Hall–Kier alpha value is -2.10. The van der Waals surface area contributed by atoms with Crippen molar-refractivity contribution in [3.8, 4) is 0 Å². The van der Waals surface area contributed by atoms with Gasteiger partial charge < -0.3 is 9.47 Å². The van der Waals surface area contributed by atoms with Crippen molar-refractivity contribution in [1.29, 1.82) is 0 Å². The van der Waals surface area contributed by atoms with Crippen LogP contribution < -0.4 is 0 Å². The topological polar surface area (TPSA) is 38.1 Å². The molecule has 0 aliphatic heterocycles. The van der Waals surface area contributed by atoms with E-state index in [4.69, 9.17) is 0 Å². The Bertz CT molecular complexity index is 557. The van der Waals surface area contributed by atoms with Crippen LogP contribution in [0.1, 0.15) is 28.7 Å². The highest BCUT2D eigenvalue weighted by atomic mass is 16.2. The summed E-state index contributed by atoms with van der Waals surface area (Å²) in [5, 5.41) is 0. The molecular weight excluding hydrogens is 238 g/mol. The number of carbonyl (C=O) groups excluding carboxylic acids is 1. The zero-order valence-electron chi connectivity index (χ0n) is 11.6. The van der Waals surface area contributed by atoms with E-state index in [1.54, 1.807) is 11.9 Å². The number of carbonyl (C=O) groups is 1. The fourth-order valence-corrected chi connectivity index (χ4v) is 1.95. The molecule has 0 aliphatic rings. The third kappa shape index (κ3) is 3.02. The molecule has 0 saturated heterocycles. The first-order valence-corrected chi connectivity index (χ1v) is 6.42. The molecule has 0 fully saturated rings. The van der Waals surface area contributed by atoms with Crippen molar-refractivity contribution in [3.05, 3.63) is 53.6 Å². The Kier molecular flexibility index (Phi) is 4.00. The first-order chi connectivity index (χ1) is 9.11. The smallest absolute Gasteiger partial charge is 0.270 e. The van der Waals surface area contributed by atoms with Crippen molar-refractivity contribution in [1.82, 2.24) is 14.5 Å². The highest BCUT2D eigenvalue weighted by molar-refractivity contribution is 5.92. The second kappa shape index (κ2) is 5.69. The molecule has 0 bridgehead atoms. The lowest BCUT2D eigenvalue weighted by atomic mass is 10.2. The van der Waals surface area contributed by atoms with E-state index in [9.17, 15) is 4.79 Å². The van der Waals surface area contributed by atoms with Gasteiger partial charge in [0.2, 0.25) is 0 Å². The summed E-state index contributed by atoms with van der Waals surface area (Å²) in [6.45, 7) is 2.62. The van der Waals surface area contributed by atoms with E-state index in [2.05, 4.69) is 18.0 Å². The molecule has 0 N–H and O–H groups in total. The van der Waals surface area contributed by atoms with Crippen molar-refractivity contribution in [2.75, 3.05) is 7.05 Å². The summed E-state index contributed by atoms with van der Waals surface area (Å²) in [5.41, 5.74) is 2.80. The van der Waals surface area contributed by atoms with Gasteiger partial charge in [-0.05, 0) is 30.2 Å². The van der Waals surface area contributed by atoms with E-state index in [0.717, 1.165) is 12.1 Å². The molecule has 4 heteroatoms. The fraction of sp³-hybridized carbons (Fsp3) is 0.333. The Morgan fingerprint density at radius 3 is 2.68 bits per heavy atom. The van der Waals surface area contributed by atoms with Crippen LogP contribution >= 0.6 is 0 Å². The number of nitrogens with zero attached hydrogens (tertiary/aromatic N) is 3. The molecule has 0 aliphatic carbocycles. The minimum atomic E-state index is 0.00821. The van der Waals surface area contributed by atoms with Crippen molar-refractivity contribution in [2.24, 2.45) is 7.05 Å². The van der Waals surface area contributed by atoms with Gasteiger partial charge in [-0.2, -0.15) is 0 Å². The molecule has 0 aromatic carbocycles. The lowest BCUT2D eigenvalue weighted by molar-refractivity contribution is 0.0774. The molecule has 0 radical (unpaired) electrons. The van der Waals surface area contributed by atoms with Crippen LogP contribution in [0.2, 0.25) is 0 Å². The number of amides is 1. The molecule has 0 saturated carbocycles. The summed E-state index contributed by atoms with van der Waals surface area (Å²) in [6.07, 6.45) is 4.72. The molecule has 1 amide bonds. The van der Waals surface area contributed by atoms with Gasteiger partial charge in [0.1, 0.15) is 5.69 Å². The number of aryl methyl sites for hydroxylation is 2. The molecule has 4 nitrogen and oxygen atoms in total. The van der Waals surface area contributed by atoms with Gasteiger partial charge in [0.05, 0.1) is 12.2 Å².